The van der Waals surface area contributed by atoms with Crippen LogP contribution in [0.5, 0.6) is 0 Å². The summed E-state index contributed by atoms with van der Waals surface area (Å²) in [5, 5.41) is 11.8. The minimum absolute atomic E-state index is 0.0834. The number of aryl methyl sites for hydroxylation is 1. The molecule has 31 heavy (non-hydrogen) atoms. The van der Waals surface area contributed by atoms with Gasteiger partial charge in [0.2, 0.25) is 11.8 Å². The van der Waals surface area contributed by atoms with E-state index in [2.05, 4.69) is 36.9 Å². The topological polar surface area (TPSA) is 87.0 Å². The molecule has 2 aromatic rings. The molecule has 2 amide bonds. The molecule has 0 spiro atoms. The Kier molecular flexibility index (Phi) is 5.63. The van der Waals surface area contributed by atoms with Crippen LogP contribution in [0.4, 0.5) is 22.7 Å². The summed E-state index contributed by atoms with van der Waals surface area (Å²) in [6, 6.07) is 13.2. The van der Waals surface area contributed by atoms with Gasteiger partial charge in [0.25, 0.3) is 5.69 Å². The van der Waals surface area contributed by atoms with Crippen LogP contribution >= 0.6 is 0 Å². The average molecular weight is 422 g/mol. The zero-order chi connectivity index (χ0) is 22.1. The number of nitro benzene ring substituents is 1. The number of hydrogen-bond donors (Lipinski definition) is 0. The Hall–Kier alpha value is -3.42. The lowest BCUT2D eigenvalue weighted by Gasteiger charge is -2.42. The average Bonchev–Trinajstić information content (AvgIpc) is 2.73. The summed E-state index contributed by atoms with van der Waals surface area (Å²) in [7, 11) is 0. The monoisotopic (exact) mass is 422 g/mol. The third kappa shape index (κ3) is 4.10. The molecule has 0 radical (unpaired) electrons. The van der Waals surface area contributed by atoms with E-state index in [9.17, 15) is 19.7 Å². The van der Waals surface area contributed by atoms with Crippen LogP contribution in [0, 0.1) is 17.0 Å². The second kappa shape index (κ2) is 8.37. The summed E-state index contributed by atoms with van der Waals surface area (Å²) in [6.45, 7) is 6.19. The number of piperidine rings is 1. The van der Waals surface area contributed by atoms with Crippen LogP contribution in [0.1, 0.15) is 31.7 Å². The van der Waals surface area contributed by atoms with E-state index in [0.29, 0.717) is 25.2 Å². The lowest BCUT2D eigenvalue weighted by molar-refractivity contribution is -0.384. The van der Waals surface area contributed by atoms with Crippen molar-refractivity contribution in [2.75, 3.05) is 34.3 Å². The fourth-order valence-electron chi connectivity index (χ4n) is 4.47. The summed E-state index contributed by atoms with van der Waals surface area (Å²) in [5.74, 6) is -0.614. The van der Waals surface area contributed by atoms with Crippen LogP contribution in [0.3, 0.4) is 0 Å². The van der Waals surface area contributed by atoms with Crippen molar-refractivity contribution in [2.24, 2.45) is 0 Å². The largest absolute Gasteiger partial charge is 0.365 e. The Morgan fingerprint density at radius 1 is 1.00 bits per heavy atom. The number of imide groups is 1. The summed E-state index contributed by atoms with van der Waals surface area (Å²) in [5.41, 5.74) is 3.05. The number of nitrogens with zero attached hydrogens (tertiary/aromatic N) is 4. The first-order valence-corrected chi connectivity index (χ1v) is 10.6. The minimum atomic E-state index is -0.435. The van der Waals surface area contributed by atoms with Crippen molar-refractivity contribution in [3.05, 3.63) is 58.1 Å². The van der Waals surface area contributed by atoms with Gasteiger partial charge >= 0.3 is 0 Å². The van der Waals surface area contributed by atoms with Crippen LogP contribution in [0.25, 0.3) is 0 Å². The van der Waals surface area contributed by atoms with Crippen molar-refractivity contribution in [1.82, 2.24) is 0 Å². The summed E-state index contributed by atoms with van der Waals surface area (Å²) >= 11 is 0. The highest BCUT2D eigenvalue weighted by Gasteiger charge is 2.32. The van der Waals surface area contributed by atoms with E-state index in [0.717, 1.165) is 17.1 Å². The molecule has 8 heteroatoms. The van der Waals surface area contributed by atoms with Crippen molar-refractivity contribution in [3.63, 3.8) is 0 Å². The number of nitro groups is 1. The first kappa shape index (κ1) is 20.8. The quantitative estimate of drug-likeness (QED) is 0.425. The SMILES string of the molecule is Cc1cccc(N2CCN(c3ccc(N4C(=O)CCCC4=O)cc3[N+](=O)[O-])C[C@H]2C)c1. The van der Waals surface area contributed by atoms with Gasteiger partial charge in [-0.15, -0.1) is 0 Å². The molecule has 2 heterocycles. The predicted molar refractivity (Wildman–Crippen MR) is 120 cm³/mol. The molecule has 1 atom stereocenters. The smallest absolute Gasteiger partial charge is 0.294 e. The zero-order valence-electron chi connectivity index (χ0n) is 17.8. The summed E-state index contributed by atoms with van der Waals surface area (Å²) in [4.78, 5) is 41.3. The Morgan fingerprint density at radius 2 is 1.74 bits per heavy atom. The van der Waals surface area contributed by atoms with Gasteiger partial charge in [0.05, 0.1) is 10.6 Å². The number of amides is 2. The summed E-state index contributed by atoms with van der Waals surface area (Å²) in [6.07, 6.45) is 1.08. The van der Waals surface area contributed by atoms with Gasteiger partial charge in [-0.05, 0) is 50.1 Å². The van der Waals surface area contributed by atoms with Crippen molar-refractivity contribution < 1.29 is 14.5 Å². The molecule has 0 aromatic heterocycles. The molecule has 2 fully saturated rings. The highest BCUT2D eigenvalue weighted by atomic mass is 16.6. The Labute approximate surface area is 181 Å². The Bertz CT molecular complexity index is 1020. The number of rotatable bonds is 4. The number of piperazine rings is 1. The highest BCUT2D eigenvalue weighted by Crippen LogP contribution is 2.35. The van der Waals surface area contributed by atoms with Crippen molar-refractivity contribution in [2.45, 2.75) is 39.2 Å². The van der Waals surface area contributed by atoms with Gasteiger partial charge in [-0.1, -0.05) is 12.1 Å². The zero-order valence-corrected chi connectivity index (χ0v) is 17.8. The number of anilines is 3. The molecule has 0 bridgehead atoms. The lowest BCUT2D eigenvalue weighted by atomic mass is 10.1. The van der Waals surface area contributed by atoms with Gasteiger partial charge < -0.3 is 9.80 Å². The molecule has 0 N–H and O–H groups in total. The number of carbonyl (C=O) groups excluding carboxylic acids is 2. The minimum Gasteiger partial charge on any atom is -0.365 e. The van der Waals surface area contributed by atoms with Gasteiger partial charge in [0, 0.05) is 50.3 Å². The highest BCUT2D eigenvalue weighted by molar-refractivity contribution is 6.16. The van der Waals surface area contributed by atoms with E-state index in [1.165, 1.54) is 11.6 Å². The number of carbonyl (C=O) groups is 2. The van der Waals surface area contributed by atoms with E-state index in [-0.39, 0.29) is 42.1 Å². The lowest BCUT2D eigenvalue weighted by Crippen LogP contribution is -2.52. The Balaban J connectivity index is 1.59. The van der Waals surface area contributed by atoms with Gasteiger partial charge in [-0.25, -0.2) is 0 Å². The van der Waals surface area contributed by atoms with Crippen LogP contribution in [-0.4, -0.2) is 42.4 Å². The third-order valence-corrected chi connectivity index (χ3v) is 6.00. The van der Waals surface area contributed by atoms with Crippen molar-refractivity contribution in [3.8, 4) is 0 Å². The van der Waals surface area contributed by atoms with E-state index in [4.69, 9.17) is 0 Å². The van der Waals surface area contributed by atoms with Gasteiger partial charge in [-0.3, -0.25) is 24.6 Å². The molecule has 2 aromatic carbocycles. The normalized spacial score (nSPS) is 19.7. The third-order valence-electron chi connectivity index (χ3n) is 6.00. The second-order valence-corrected chi connectivity index (χ2v) is 8.23. The molecule has 0 unspecified atom stereocenters. The fraction of sp³-hybridized carbons (Fsp3) is 0.391. The van der Waals surface area contributed by atoms with Crippen LogP contribution in [0.2, 0.25) is 0 Å². The maximum Gasteiger partial charge on any atom is 0.294 e. The van der Waals surface area contributed by atoms with Crippen molar-refractivity contribution in [1.29, 1.82) is 0 Å². The van der Waals surface area contributed by atoms with Crippen LogP contribution in [-0.2, 0) is 9.59 Å². The molecule has 0 saturated carbocycles. The van der Waals surface area contributed by atoms with Gasteiger partial charge in [-0.2, -0.15) is 0 Å². The molecule has 2 saturated heterocycles. The summed E-state index contributed by atoms with van der Waals surface area (Å²) < 4.78 is 0. The molecule has 2 aliphatic heterocycles. The van der Waals surface area contributed by atoms with E-state index in [1.54, 1.807) is 12.1 Å². The van der Waals surface area contributed by atoms with Crippen molar-refractivity contribution >= 4 is 34.6 Å². The molecule has 162 valence electrons. The van der Waals surface area contributed by atoms with Crippen LogP contribution in [0.15, 0.2) is 42.5 Å². The molecule has 4 rings (SSSR count). The molecule has 0 aliphatic carbocycles. The van der Waals surface area contributed by atoms with E-state index < -0.39 is 4.92 Å². The first-order valence-electron chi connectivity index (χ1n) is 10.6. The molecule has 8 nitrogen and oxygen atoms in total. The number of hydrogen-bond acceptors (Lipinski definition) is 6. The molecular formula is C23H26N4O4. The maximum atomic E-state index is 12.2. The molecular weight excluding hydrogens is 396 g/mol. The fourth-order valence-corrected chi connectivity index (χ4v) is 4.47. The maximum absolute atomic E-state index is 12.2. The Morgan fingerprint density at radius 3 is 2.39 bits per heavy atom. The van der Waals surface area contributed by atoms with Gasteiger partial charge in [0.1, 0.15) is 5.69 Å². The van der Waals surface area contributed by atoms with Gasteiger partial charge in [0.15, 0.2) is 0 Å². The van der Waals surface area contributed by atoms with Crippen LogP contribution < -0.4 is 14.7 Å². The first-order chi connectivity index (χ1) is 14.8. The van der Waals surface area contributed by atoms with E-state index >= 15 is 0 Å². The number of benzene rings is 2. The predicted octanol–water partition coefficient (Wildman–Crippen LogP) is 3.66. The van der Waals surface area contributed by atoms with E-state index in [1.807, 2.05) is 11.0 Å². The second-order valence-electron chi connectivity index (χ2n) is 8.23. The standard InChI is InChI=1S/C23H26N4O4/c1-16-5-3-6-18(13-16)25-12-11-24(15-17(25)2)20-10-9-19(14-21(20)27(30)31)26-22(28)7-4-8-23(26)29/h3,5-6,9-10,13-14,17H,4,7-8,11-12,15H2,1-2H3/t17-/m1/s1. The molecule has 2 aliphatic rings.